The average molecular weight is 332 g/mol. The highest BCUT2D eigenvalue weighted by atomic mass is 16.4. The summed E-state index contributed by atoms with van der Waals surface area (Å²) >= 11 is 0. The molecule has 132 valence electrons. The van der Waals surface area contributed by atoms with E-state index in [9.17, 15) is 9.59 Å². The van der Waals surface area contributed by atoms with Gasteiger partial charge in [0.05, 0.1) is 12.5 Å². The fraction of sp³-hybridized carbons (Fsp3) is 0.579. The molecule has 0 unspecified atom stereocenters. The number of hydrogen-bond donors (Lipinski definition) is 2. The van der Waals surface area contributed by atoms with E-state index in [1.165, 1.54) is 11.1 Å². The van der Waals surface area contributed by atoms with Crippen molar-refractivity contribution in [1.82, 2.24) is 10.2 Å². The summed E-state index contributed by atoms with van der Waals surface area (Å²) in [6.07, 6.45) is 2.08. The zero-order chi connectivity index (χ0) is 17.5. The van der Waals surface area contributed by atoms with Crippen LogP contribution in [0.2, 0.25) is 0 Å². The number of amides is 1. The lowest BCUT2D eigenvalue weighted by atomic mass is 9.97. The number of hydrogen-bond acceptors (Lipinski definition) is 3. The number of carboxylic acid groups (broad SMARTS) is 1. The molecule has 0 radical (unpaired) electrons. The maximum atomic E-state index is 12.0. The monoisotopic (exact) mass is 332 g/mol. The molecule has 1 amide bonds. The van der Waals surface area contributed by atoms with Gasteiger partial charge in [0.1, 0.15) is 0 Å². The Bertz CT molecular complexity index is 546. The van der Waals surface area contributed by atoms with Crippen LogP contribution < -0.4 is 5.32 Å². The predicted octanol–water partition coefficient (Wildman–Crippen LogP) is 2.27. The molecular formula is C19H28N2O3. The number of nitrogens with one attached hydrogen (secondary N) is 1. The fourth-order valence-electron chi connectivity index (χ4n) is 3.01. The van der Waals surface area contributed by atoms with Gasteiger partial charge in [0.2, 0.25) is 5.91 Å². The summed E-state index contributed by atoms with van der Waals surface area (Å²) in [7, 11) is 0. The molecule has 5 nitrogen and oxygen atoms in total. The number of aliphatic carboxylic acids is 1. The number of piperidine rings is 1. The molecule has 1 heterocycles. The minimum absolute atomic E-state index is 0.0163. The smallest absolute Gasteiger partial charge is 0.306 e. The molecule has 1 aliphatic rings. The van der Waals surface area contributed by atoms with E-state index >= 15 is 0 Å². The Morgan fingerprint density at radius 1 is 1.21 bits per heavy atom. The second kappa shape index (κ2) is 8.83. The van der Waals surface area contributed by atoms with Crippen LogP contribution in [0.5, 0.6) is 0 Å². The second-order valence-corrected chi connectivity index (χ2v) is 6.88. The molecule has 2 N–H and O–H groups in total. The Morgan fingerprint density at radius 2 is 1.83 bits per heavy atom. The van der Waals surface area contributed by atoms with Crippen LogP contribution >= 0.6 is 0 Å². The number of carboxylic acids is 1. The van der Waals surface area contributed by atoms with Crippen molar-refractivity contribution in [2.24, 2.45) is 5.92 Å². The summed E-state index contributed by atoms with van der Waals surface area (Å²) in [6, 6.07) is 8.54. The third-order valence-electron chi connectivity index (χ3n) is 4.69. The van der Waals surface area contributed by atoms with E-state index in [4.69, 9.17) is 5.11 Å². The van der Waals surface area contributed by atoms with Crippen LogP contribution in [0.1, 0.15) is 43.7 Å². The molecule has 1 aromatic rings. The average Bonchev–Trinajstić information content (AvgIpc) is 2.55. The molecule has 0 aliphatic carbocycles. The van der Waals surface area contributed by atoms with Crippen molar-refractivity contribution in [1.29, 1.82) is 0 Å². The Labute approximate surface area is 144 Å². The minimum Gasteiger partial charge on any atom is -0.481 e. The maximum absolute atomic E-state index is 12.0. The van der Waals surface area contributed by atoms with Crippen LogP contribution in [0.3, 0.4) is 0 Å². The van der Waals surface area contributed by atoms with Crippen molar-refractivity contribution >= 4 is 11.9 Å². The Balaban J connectivity index is 1.66. The summed E-state index contributed by atoms with van der Waals surface area (Å²) in [6.45, 7) is 6.70. The highest BCUT2D eigenvalue weighted by Crippen LogP contribution is 2.17. The number of carbonyl (C=O) groups excluding carboxylic acids is 1. The van der Waals surface area contributed by atoms with Gasteiger partial charge in [0.15, 0.2) is 0 Å². The highest BCUT2D eigenvalue weighted by Gasteiger charge is 2.25. The number of rotatable bonds is 7. The molecule has 5 heteroatoms. The molecule has 1 aliphatic heterocycles. The van der Waals surface area contributed by atoms with Gasteiger partial charge < -0.3 is 10.4 Å². The molecule has 1 aromatic carbocycles. The summed E-state index contributed by atoms with van der Waals surface area (Å²) in [5.41, 5.74) is 2.55. The molecule has 0 saturated carbocycles. The lowest BCUT2D eigenvalue weighted by molar-refractivity contribution is -0.143. The standard InChI is InChI=1S/C19H28N2O3/c1-14(2)16-5-3-15(4-6-16)7-10-20-18(22)13-21-11-8-17(9-12-21)19(23)24/h3-6,14,17H,7-13H2,1-2H3,(H,20,22)(H,23,24). The van der Waals surface area contributed by atoms with Crippen LogP contribution in [0.4, 0.5) is 0 Å². The third-order valence-corrected chi connectivity index (χ3v) is 4.69. The van der Waals surface area contributed by atoms with Crippen LogP contribution in [0, 0.1) is 5.92 Å². The quantitative estimate of drug-likeness (QED) is 0.803. The van der Waals surface area contributed by atoms with Gasteiger partial charge in [-0.05, 0) is 49.4 Å². The lowest BCUT2D eigenvalue weighted by Gasteiger charge is -2.29. The highest BCUT2D eigenvalue weighted by molar-refractivity contribution is 5.78. The molecule has 24 heavy (non-hydrogen) atoms. The molecule has 0 spiro atoms. The number of benzene rings is 1. The van der Waals surface area contributed by atoms with Gasteiger partial charge in [-0.2, -0.15) is 0 Å². The zero-order valence-corrected chi connectivity index (χ0v) is 14.6. The van der Waals surface area contributed by atoms with Gasteiger partial charge >= 0.3 is 5.97 Å². The van der Waals surface area contributed by atoms with Gasteiger partial charge in [-0.1, -0.05) is 38.1 Å². The minimum atomic E-state index is -0.720. The van der Waals surface area contributed by atoms with Crippen LogP contribution in [0.25, 0.3) is 0 Å². The lowest BCUT2D eigenvalue weighted by Crippen LogP contribution is -2.43. The van der Waals surface area contributed by atoms with E-state index in [0.29, 0.717) is 44.9 Å². The fourth-order valence-corrected chi connectivity index (χ4v) is 3.01. The molecule has 0 atom stereocenters. The van der Waals surface area contributed by atoms with E-state index in [2.05, 4.69) is 43.4 Å². The zero-order valence-electron chi connectivity index (χ0n) is 14.6. The summed E-state index contributed by atoms with van der Waals surface area (Å²) < 4.78 is 0. The van der Waals surface area contributed by atoms with Gasteiger partial charge in [0.25, 0.3) is 0 Å². The van der Waals surface area contributed by atoms with Crippen molar-refractivity contribution < 1.29 is 14.7 Å². The van der Waals surface area contributed by atoms with Crippen LogP contribution in [-0.2, 0) is 16.0 Å². The first kappa shape index (κ1) is 18.5. The Kier molecular flexibility index (Phi) is 6.79. The van der Waals surface area contributed by atoms with Crippen molar-refractivity contribution in [2.75, 3.05) is 26.2 Å². The van der Waals surface area contributed by atoms with Crippen LogP contribution in [-0.4, -0.2) is 48.1 Å². The Hall–Kier alpha value is -1.88. The number of carbonyl (C=O) groups is 2. The summed E-state index contributed by atoms with van der Waals surface area (Å²) in [5, 5.41) is 11.9. The van der Waals surface area contributed by atoms with Crippen LogP contribution in [0.15, 0.2) is 24.3 Å². The van der Waals surface area contributed by atoms with Crippen molar-refractivity contribution in [3.8, 4) is 0 Å². The van der Waals surface area contributed by atoms with E-state index in [1.807, 2.05) is 4.90 Å². The number of nitrogens with zero attached hydrogens (tertiary/aromatic N) is 1. The van der Waals surface area contributed by atoms with E-state index in [0.717, 1.165) is 6.42 Å². The summed E-state index contributed by atoms with van der Waals surface area (Å²) in [4.78, 5) is 24.9. The first-order chi connectivity index (χ1) is 11.5. The first-order valence-corrected chi connectivity index (χ1v) is 8.76. The van der Waals surface area contributed by atoms with Gasteiger partial charge in [-0.15, -0.1) is 0 Å². The SMILES string of the molecule is CC(C)c1ccc(CCNC(=O)CN2CCC(C(=O)O)CC2)cc1. The largest absolute Gasteiger partial charge is 0.481 e. The molecular weight excluding hydrogens is 304 g/mol. The van der Waals surface area contributed by atoms with E-state index < -0.39 is 5.97 Å². The second-order valence-electron chi connectivity index (χ2n) is 6.88. The summed E-state index contributed by atoms with van der Waals surface area (Å²) in [5.74, 6) is -0.424. The number of likely N-dealkylation sites (tertiary alicyclic amines) is 1. The normalized spacial score (nSPS) is 16.3. The molecule has 0 aromatic heterocycles. The predicted molar refractivity (Wildman–Crippen MR) is 94.0 cm³/mol. The Morgan fingerprint density at radius 3 is 2.38 bits per heavy atom. The first-order valence-electron chi connectivity index (χ1n) is 8.76. The maximum Gasteiger partial charge on any atom is 0.306 e. The van der Waals surface area contributed by atoms with E-state index in [1.54, 1.807) is 0 Å². The molecule has 1 fully saturated rings. The molecule has 0 bridgehead atoms. The van der Waals surface area contributed by atoms with Crippen molar-refractivity contribution in [2.45, 2.75) is 39.0 Å². The third kappa shape index (κ3) is 5.64. The molecule has 1 saturated heterocycles. The van der Waals surface area contributed by atoms with Gasteiger partial charge in [0, 0.05) is 6.54 Å². The molecule has 2 rings (SSSR count). The van der Waals surface area contributed by atoms with E-state index in [-0.39, 0.29) is 11.8 Å². The van der Waals surface area contributed by atoms with Crippen molar-refractivity contribution in [3.63, 3.8) is 0 Å². The van der Waals surface area contributed by atoms with Gasteiger partial charge in [-0.25, -0.2) is 0 Å². The van der Waals surface area contributed by atoms with Crippen molar-refractivity contribution in [3.05, 3.63) is 35.4 Å². The van der Waals surface area contributed by atoms with Gasteiger partial charge in [-0.3, -0.25) is 14.5 Å². The topological polar surface area (TPSA) is 69.6 Å².